The predicted octanol–water partition coefficient (Wildman–Crippen LogP) is 4.07. The fraction of sp³-hybridized carbons (Fsp3) is 0.300. The van der Waals surface area contributed by atoms with Crippen LogP contribution in [0.15, 0.2) is 46.2 Å². The van der Waals surface area contributed by atoms with E-state index in [0.29, 0.717) is 17.8 Å². The van der Waals surface area contributed by atoms with Gasteiger partial charge < -0.3 is 19.2 Å². The number of amides is 1. The molecule has 1 N–H and O–H groups in total. The first kappa shape index (κ1) is 19.1. The first-order valence-corrected chi connectivity index (χ1v) is 9.56. The zero-order chi connectivity index (χ0) is 19.2. The number of carbonyl (C=O) groups is 2. The predicted molar refractivity (Wildman–Crippen MR) is 103 cm³/mol. The van der Waals surface area contributed by atoms with Crippen LogP contribution in [0.3, 0.4) is 0 Å². The summed E-state index contributed by atoms with van der Waals surface area (Å²) in [4.78, 5) is 25.6. The molecule has 7 heteroatoms. The molecule has 0 saturated heterocycles. The minimum Gasteiger partial charge on any atom is -0.450 e. The van der Waals surface area contributed by atoms with E-state index in [1.165, 1.54) is 0 Å². The highest BCUT2D eigenvalue weighted by Gasteiger charge is 2.23. The molecule has 1 aromatic carbocycles. The quantitative estimate of drug-likeness (QED) is 0.590. The Labute approximate surface area is 161 Å². The van der Waals surface area contributed by atoms with Gasteiger partial charge in [0.2, 0.25) is 5.76 Å². The topological polar surface area (TPSA) is 77.8 Å². The summed E-state index contributed by atoms with van der Waals surface area (Å²) in [5.74, 6) is -0.977. The Morgan fingerprint density at radius 1 is 1.22 bits per heavy atom. The molecule has 0 spiro atoms. The van der Waals surface area contributed by atoms with Crippen molar-refractivity contribution in [2.24, 2.45) is 0 Å². The van der Waals surface area contributed by atoms with Crippen molar-refractivity contribution < 1.29 is 23.5 Å². The molecule has 0 fully saturated rings. The molecule has 142 valence electrons. The van der Waals surface area contributed by atoms with Crippen molar-refractivity contribution in [2.75, 3.05) is 13.2 Å². The number of benzene rings is 1. The summed E-state index contributed by atoms with van der Waals surface area (Å²) >= 11 is 1.55. The maximum absolute atomic E-state index is 12.5. The molecule has 0 bridgehead atoms. The number of hydrogen-bond donors (Lipinski definition) is 1. The number of carbonyl (C=O) groups excluding carboxylic acids is 2. The molecule has 3 rings (SSSR count). The van der Waals surface area contributed by atoms with Crippen LogP contribution in [0, 0.1) is 0 Å². The number of hydrogen-bond acceptors (Lipinski definition) is 6. The Bertz CT molecular complexity index is 916. The van der Waals surface area contributed by atoms with Gasteiger partial charge in [0, 0.05) is 22.4 Å². The van der Waals surface area contributed by atoms with Gasteiger partial charge in [-0.15, -0.1) is 11.3 Å². The lowest BCUT2D eigenvalue weighted by molar-refractivity contribution is -0.124. The van der Waals surface area contributed by atoms with Crippen LogP contribution >= 0.6 is 11.3 Å². The van der Waals surface area contributed by atoms with Gasteiger partial charge in [-0.25, -0.2) is 4.79 Å². The number of nitrogens with one attached hydrogen (secondary N) is 1. The lowest BCUT2D eigenvalue weighted by atomic mass is 10.1. The van der Waals surface area contributed by atoms with E-state index in [9.17, 15) is 9.59 Å². The second-order valence-corrected chi connectivity index (χ2v) is 6.90. The Morgan fingerprint density at radius 3 is 2.78 bits per heavy atom. The molecular weight excluding hydrogens is 366 g/mol. The maximum Gasteiger partial charge on any atom is 0.375 e. The summed E-state index contributed by atoms with van der Waals surface area (Å²) in [5.41, 5.74) is 1.21. The Morgan fingerprint density at radius 2 is 2.04 bits per heavy atom. The minimum atomic E-state index is -0.681. The Balaban J connectivity index is 1.66. The van der Waals surface area contributed by atoms with Crippen LogP contribution in [-0.2, 0) is 20.9 Å². The molecule has 2 aromatic heterocycles. The molecular formula is C20H21NO5S. The van der Waals surface area contributed by atoms with Crippen molar-refractivity contribution in [3.8, 4) is 0 Å². The number of furan rings is 1. The van der Waals surface area contributed by atoms with Crippen LogP contribution in [-0.4, -0.2) is 25.1 Å². The summed E-state index contributed by atoms with van der Waals surface area (Å²) in [6.07, 6.45) is 0. The summed E-state index contributed by atoms with van der Waals surface area (Å²) in [7, 11) is 0. The first-order valence-electron chi connectivity index (χ1n) is 8.68. The van der Waals surface area contributed by atoms with Crippen molar-refractivity contribution in [3.63, 3.8) is 0 Å². The van der Waals surface area contributed by atoms with E-state index in [1.807, 2.05) is 49.6 Å². The molecule has 0 radical (unpaired) electrons. The van der Waals surface area contributed by atoms with Gasteiger partial charge in [-0.3, -0.25) is 4.79 Å². The highest BCUT2D eigenvalue weighted by Crippen LogP contribution is 2.27. The van der Waals surface area contributed by atoms with Crippen molar-refractivity contribution in [1.82, 2.24) is 5.32 Å². The second kappa shape index (κ2) is 8.83. The van der Waals surface area contributed by atoms with Crippen LogP contribution in [0.4, 0.5) is 0 Å². The van der Waals surface area contributed by atoms with Gasteiger partial charge in [-0.2, -0.15) is 0 Å². The number of fused-ring (bicyclic) bond motifs is 1. The number of ether oxygens (including phenoxy) is 2. The Hall–Kier alpha value is -2.64. The van der Waals surface area contributed by atoms with E-state index in [2.05, 4.69) is 5.32 Å². The van der Waals surface area contributed by atoms with Gasteiger partial charge in [-0.1, -0.05) is 24.3 Å². The molecule has 2 heterocycles. The molecule has 27 heavy (non-hydrogen) atoms. The minimum absolute atomic E-state index is 0.0729. The van der Waals surface area contributed by atoms with Crippen molar-refractivity contribution in [2.45, 2.75) is 26.5 Å². The van der Waals surface area contributed by atoms with E-state index in [0.717, 1.165) is 10.3 Å². The van der Waals surface area contributed by atoms with Gasteiger partial charge in [0.25, 0.3) is 5.91 Å². The van der Waals surface area contributed by atoms with E-state index < -0.39 is 5.97 Å². The number of para-hydroxylation sites is 1. The van der Waals surface area contributed by atoms with E-state index in [4.69, 9.17) is 13.9 Å². The first-order chi connectivity index (χ1) is 13.1. The summed E-state index contributed by atoms with van der Waals surface area (Å²) < 4.78 is 16.3. The maximum atomic E-state index is 12.5. The molecule has 1 atom stereocenters. The standard InChI is InChI=1S/C20H21NO5S/c1-3-24-11-15-14-7-4-5-8-16(14)26-19(15)20(23)25-12-18(22)21-13(2)17-9-6-10-27-17/h4-10,13H,3,11-12H2,1-2H3,(H,21,22). The molecule has 0 saturated carbocycles. The van der Waals surface area contributed by atoms with Gasteiger partial charge >= 0.3 is 5.97 Å². The molecule has 3 aromatic rings. The lowest BCUT2D eigenvalue weighted by Gasteiger charge is -2.12. The third-order valence-electron chi connectivity index (χ3n) is 4.02. The molecule has 0 aliphatic rings. The van der Waals surface area contributed by atoms with Crippen molar-refractivity contribution in [3.05, 3.63) is 58.0 Å². The fourth-order valence-electron chi connectivity index (χ4n) is 2.70. The summed E-state index contributed by atoms with van der Waals surface area (Å²) in [6.45, 7) is 4.13. The van der Waals surface area contributed by atoms with Crippen molar-refractivity contribution >= 4 is 34.2 Å². The molecule has 6 nitrogen and oxygen atoms in total. The van der Waals surface area contributed by atoms with E-state index in [-0.39, 0.29) is 30.9 Å². The molecule has 1 amide bonds. The highest BCUT2D eigenvalue weighted by molar-refractivity contribution is 7.10. The van der Waals surface area contributed by atoms with Crippen LogP contribution in [0.2, 0.25) is 0 Å². The van der Waals surface area contributed by atoms with Gasteiger partial charge in [0.05, 0.1) is 12.6 Å². The van der Waals surface area contributed by atoms with Gasteiger partial charge in [0.1, 0.15) is 5.58 Å². The average molecular weight is 387 g/mol. The third kappa shape index (κ3) is 4.56. The van der Waals surface area contributed by atoms with Crippen LogP contribution in [0.5, 0.6) is 0 Å². The van der Waals surface area contributed by atoms with Crippen molar-refractivity contribution in [1.29, 1.82) is 0 Å². The van der Waals surface area contributed by atoms with E-state index in [1.54, 1.807) is 17.4 Å². The van der Waals surface area contributed by atoms with E-state index >= 15 is 0 Å². The summed E-state index contributed by atoms with van der Waals surface area (Å²) in [5, 5.41) is 5.55. The summed E-state index contributed by atoms with van der Waals surface area (Å²) in [6, 6.07) is 11.0. The molecule has 0 aliphatic carbocycles. The smallest absolute Gasteiger partial charge is 0.375 e. The zero-order valence-corrected chi connectivity index (χ0v) is 16.0. The third-order valence-corrected chi connectivity index (χ3v) is 5.07. The lowest BCUT2D eigenvalue weighted by Crippen LogP contribution is -2.30. The van der Waals surface area contributed by atoms with Gasteiger partial charge in [-0.05, 0) is 31.4 Å². The Kier molecular flexibility index (Phi) is 6.26. The number of esters is 1. The number of rotatable bonds is 8. The number of thiophene rings is 1. The SMILES string of the molecule is CCOCc1c(C(=O)OCC(=O)NC(C)c2cccs2)oc2ccccc12. The highest BCUT2D eigenvalue weighted by atomic mass is 32.1. The normalized spacial score (nSPS) is 12.1. The van der Waals surface area contributed by atoms with Gasteiger partial charge in [0.15, 0.2) is 6.61 Å². The average Bonchev–Trinajstić information content (AvgIpc) is 3.32. The van der Waals surface area contributed by atoms with Crippen LogP contribution in [0.1, 0.15) is 40.9 Å². The van der Waals surface area contributed by atoms with Crippen LogP contribution in [0.25, 0.3) is 11.0 Å². The molecule has 0 aliphatic heterocycles. The van der Waals surface area contributed by atoms with Crippen LogP contribution < -0.4 is 5.32 Å². The fourth-order valence-corrected chi connectivity index (χ4v) is 3.43. The second-order valence-electron chi connectivity index (χ2n) is 5.92. The monoisotopic (exact) mass is 387 g/mol. The zero-order valence-electron chi connectivity index (χ0n) is 15.2. The largest absolute Gasteiger partial charge is 0.450 e. The molecule has 1 unspecified atom stereocenters.